The largest absolute Gasteiger partial charge is 0.497 e. The fourth-order valence-corrected chi connectivity index (χ4v) is 1.36. The maximum absolute atomic E-state index is 12.2. The molecule has 0 aromatic heterocycles. The monoisotopic (exact) mass is 249 g/mol. The molecule has 1 aromatic rings. The van der Waals surface area contributed by atoms with Gasteiger partial charge in [0.1, 0.15) is 11.8 Å². The lowest BCUT2D eigenvalue weighted by atomic mass is 10.0. The van der Waals surface area contributed by atoms with E-state index in [1.54, 1.807) is 12.1 Å². The molecule has 0 aliphatic carbocycles. The van der Waals surface area contributed by atoms with Crippen LogP contribution in [0.4, 0.5) is 13.2 Å². The molecule has 1 aromatic carbocycles. The van der Waals surface area contributed by atoms with E-state index in [0.717, 1.165) is 0 Å². The summed E-state index contributed by atoms with van der Waals surface area (Å²) in [6.07, 6.45) is -6.34. The smallest absolute Gasteiger partial charge is 0.403 e. The summed E-state index contributed by atoms with van der Waals surface area (Å²) >= 11 is 0. The molecule has 0 fully saturated rings. The van der Waals surface area contributed by atoms with Gasteiger partial charge in [0, 0.05) is 6.42 Å². The first kappa shape index (κ1) is 13.8. The summed E-state index contributed by atoms with van der Waals surface area (Å²) in [7, 11) is 1.44. The van der Waals surface area contributed by atoms with E-state index in [1.807, 2.05) is 0 Å². The van der Waals surface area contributed by atoms with Crippen LogP contribution in [0.5, 0.6) is 5.75 Å². The number of aliphatic hydroxyl groups excluding tert-OH is 1. The Hall–Kier alpha value is -1.27. The van der Waals surface area contributed by atoms with Gasteiger partial charge in [-0.05, 0) is 17.7 Å². The van der Waals surface area contributed by atoms with Crippen LogP contribution in [0.1, 0.15) is 18.1 Å². The SMILES string of the molecule is COc1cccc([C@@H](O)C[C@H](N)C(F)(F)F)c1. The van der Waals surface area contributed by atoms with Crippen molar-refractivity contribution in [3.63, 3.8) is 0 Å². The van der Waals surface area contributed by atoms with Crippen molar-refractivity contribution in [2.24, 2.45) is 5.73 Å². The number of rotatable bonds is 4. The Morgan fingerprint density at radius 3 is 2.59 bits per heavy atom. The van der Waals surface area contributed by atoms with Crippen molar-refractivity contribution in [1.29, 1.82) is 0 Å². The van der Waals surface area contributed by atoms with Crippen LogP contribution >= 0.6 is 0 Å². The Balaban J connectivity index is 2.72. The molecule has 1 rings (SSSR count). The second-order valence-corrected chi connectivity index (χ2v) is 3.68. The lowest BCUT2D eigenvalue weighted by Gasteiger charge is -2.19. The average molecular weight is 249 g/mol. The number of methoxy groups -OCH3 is 1. The number of halogens is 3. The van der Waals surface area contributed by atoms with Crippen LogP contribution in [-0.4, -0.2) is 24.4 Å². The summed E-state index contributed by atoms with van der Waals surface area (Å²) in [6.45, 7) is 0. The highest BCUT2D eigenvalue weighted by Crippen LogP contribution is 2.28. The standard InChI is InChI=1S/C11H14F3NO2/c1-17-8-4-2-3-7(5-8)9(16)6-10(15)11(12,13)14/h2-5,9-10,16H,6,15H2,1H3/t9-,10-/m0/s1. The molecule has 0 spiro atoms. The molecule has 6 heteroatoms. The lowest BCUT2D eigenvalue weighted by Crippen LogP contribution is -2.38. The van der Waals surface area contributed by atoms with Crippen molar-refractivity contribution in [1.82, 2.24) is 0 Å². The molecule has 0 saturated carbocycles. The summed E-state index contributed by atoms with van der Waals surface area (Å²) in [5.74, 6) is 0.474. The number of benzene rings is 1. The Morgan fingerprint density at radius 2 is 2.06 bits per heavy atom. The molecular weight excluding hydrogens is 235 g/mol. The molecule has 0 aliphatic heterocycles. The Labute approximate surface area is 97.0 Å². The molecule has 3 N–H and O–H groups in total. The highest BCUT2D eigenvalue weighted by atomic mass is 19.4. The summed E-state index contributed by atoms with van der Waals surface area (Å²) in [5.41, 5.74) is 5.29. The van der Waals surface area contributed by atoms with Gasteiger partial charge < -0.3 is 15.6 Å². The predicted molar refractivity (Wildman–Crippen MR) is 56.6 cm³/mol. The van der Waals surface area contributed by atoms with E-state index in [1.165, 1.54) is 19.2 Å². The van der Waals surface area contributed by atoms with Gasteiger partial charge in [-0.15, -0.1) is 0 Å². The molecule has 0 aliphatic rings. The van der Waals surface area contributed by atoms with Crippen LogP contribution < -0.4 is 10.5 Å². The number of hydrogen-bond donors (Lipinski definition) is 2. The third-order valence-corrected chi connectivity index (χ3v) is 2.38. The van der Waals surface area contributed by atoms with Gasteiger partial charge in [0.25, 0.3) is 0 Å². The summed E-state index contributed by atoms with van der Waals surface area (Å²) in [4.78, 5) is 0. The topological polar surface area (TPSA) is 55.5 Å². The maximum Gasteiger partial charge on any atom is 0.403 e. The molecule has 0 heterocycles. The molecule has 0 saturated heterocycles. The van der Waals surface area contributed by atoms with Gasteiger partial charge in [-0.3, -0.25) is 0 Å². The Kier molecular flexibility index (Phi) is 4.36. The summed E-state index contributed by atoms with van der Waals surface area (Å²) in [5, 5.41) is 9.64. The van der Waals surface area contributed by atoms with Gasteiger partial charge in [-0.1, -0.05) is 12.1 Å². The van der Waals surface area contributed by atoms with E-state index in [-0.39, 0.29) is 0 Å². The van der Waals surface area contributed by atoms with E-state index < -0.39 is 24.7 Å². The number of nitrogens with two attached hydrogens (primary N) is 1. The second-order valence-electron chi connectivity index (χ2n) is 3.68. The lowest BCUT2D eigenvalue weighted by molar-refractivity contribution is -0.153. The first-order valence-corrected chi connectivity index (χ1v) is 4.99. The van der Waals surface area contributed by atoms with Crippen molar-refractivity contribution in [2.75, 3.05) is 7.11 Å². The average Bonchev–Trinajstić information content (AvgIpc) is 2.27. The zero-order valence-electron chi connectivity index (χ0n) is 9.24. The summed E-state index contributed by atoms with van der Waals surface area (Å²) < 4.78 is 41.5. The molecule has 0 bridgehead atoms. The molecule has 0 amide bonds. The first-order valence-electron chi connectivity index (χ1n) is 4.99. The van der Waals surface area contributed by atoms with E-state index in [9.17, 15) is 18.3 Å². The Bertz CT molecular complexity index is 368. The minimum absolute atomic E-state index is 0.351. The minimum Gasteiger partial charge on any atom is -0.497 e. The van der Waals surface area contributed by atoms with Gasteiger partial charge in [-0.2, -0.15) is 13.2 Å². The van der Waals surface area contributed by atoms with Crippen LogP contribution in [0.15, 0.2) is 24.3 Å². The van der Waals surface area contributed by atoms with Crippen LogP contribution in [0, 0.1) is 0 Å². The van der Waals surface area contributed by atoms with Crippen LogP contribution in [-0.2, 0) is 0 Å². The van der Waals surface area contributed by atoms with Crippen molar-refractivity contribution >= 4 is 0 Å². The minimum atomic E-state index is -4.50. The van der Waals surface area contributed by atoms with Gasteiger partial charge in [0.15, 0.2) is 0 Å². The van der Waals surface area contributed by atoms with Crippen LogP contribution in [0.25, 0.3) is 0 Å². The van der Waals surface area contributed by atoms with Crippen LogP contribution in [0.3, 0.4) is 0 Å². The van der Waals surface area contributed by atoms with Gasteiger partial charge in [-0.25, -0.2) is 0 Å². The number of alkyl halides is 3. The van der Waals surface area contributed by atoms with Crippen molar-refractivity contribution in [3.05, 3.63) is 29.8 Å². The molecule has 0 radical (unpaired) electrons. The number of hydrogen-bond acceptors (Lipinski definition) is 3. The number of aliphatic hydroxyl groups is 1. The van der Waals surface area contributed by atoms with Crippen molar-refractivity contribution < 1.29 is 23.0 Å². The molecule has 96 valence electrons. The van der Waals surface area contributed by atoms with Gasteiger partial charge in [0.05, 0.1) is 13.2 Å². The van der Waals surface area contributed by atoms with E-state index in [2.05, 4.69) is 0 Å². The maximum atomic E-state index is 12.2. The molecule has 2 atom stereocenters. The number of ether oxygens (including phenoxy) is 1. The fourth-order valence-electron chi connectivity index (χ4n) is 1.36. The Morgan fingerprint density at radius 1 is 1.41 bits per heavy atom. The van der Waals surface area contributed by atoms with E-state index >= 15 is 0 Å². The molecular formula is C11H14F3NO2. The third-order valence-electron chi connectivity index (χ3n) is 2.38. The predicted octanol–water partition coefficient (Wildman–Crippen LogP) is 2.01. The van der Waals surface area contributed by atoms with Crippen LogP contribution in [0.2, 0.25) is 0 Å². The molecule has 17 heavy (non-hydrogen) atoms. The quantitative estimate of drug-likeness (QED) is 0.858. The first-order chi connectivity index (χ1) is 7.84. The third kappa shape index (κ3) is 3.90. The normalized spacial score (nSPS) is 15.4. The highest BCUT2D eigenvalue weighted by molar-refractivity contribution is 5.29. The second kappa shape index (κ2) is 5.37. The highest BCUT2D eigenvalue weighted by Gasteiger charge is 2.37. The molecule has 3 nitrogen and oxygen atoms in total. The zero-order chi connectivity index (χ0) is 13.1. The van der Waals surface area contributed by atoms with E-state index in [0.29, 0.717) is 11.3 Å². The fraction of sp³-hybridized carbons (Fsp3) is 0.455. The van der Waals surface area contributed by atoms with Gasteiger partial charge in [0.2, 0.25) is 0 Å². The van der Waals surface area contributed by atoms with Crippen molar-refractivity contribution in [2.45, 2.75) is 24.7 Å². The summed E-state index contributed by atoms with van der Waals surface area (Å²) in [6, 6.07) is 4.20. The van der Waals surface area contributed by atoms with Crippen molar-refractivity contribution in [3.8, 4) is 5.75 Å². The zero-order valence-corrected chi connectivity index (χ0v) is 9.24. The molecule has 0 unspecified atom stereocenters. The van der Waals surface area contributed by atoms with E-state index in [4.69, 9.17) is 10.5 Å². The van der Waals surface area contributed by atoms with Gasteiger partial charge >= 0.3 is 6.18 Å².